The molecule has 0 aliphatic carbocycles. The number of carbonyl (C=O) groups is 3. The summed E-state index contributed by atoms with van der Waals surface area (Å²) < 4.78 is 0. The average molecular weight is 321 g/mol. The predicted octanol–water partition coefficient (Wildman–Crippen LogP) is 1.54. The lowest BCUT2D eigenvalue weighted by atomic mass is 9.79. The van der Waals surface area contributed by atoms with Gasteiger partial charge < -0.3 is 4.90 Å². The van der Waals surface area contributed by atoms with Gasteiger partial charge >= 0.3 is 0 Å². The van der Waals surface area contributed by atoms with Gasteiger partial charge in [-0.1, -0.05) is 26.7 Å². The van der Waals surface area contributed by atoms with Crippen LogP contribution in [-0.2, 0) is 14.4 Å². The standard InChI is InChI=1S/C17H27N3O3/c1-5-7-9-20(10-8-6-2)16(23)17(4)13-12(11(3)19-17)14(21)18-15(13)22/h12-13H,5-10H2,1-4H3,(H,18,21,22). The number of nitrogens with zero attached hydrogens (tertiary/aromatic N) is 2. The maximum absolute atomic E-state index is 13.1. The van der Waals surface area contributed by atoms with Gasteiger partial charge in [0, 0.05) is 18.8 Å². The van der Waals surface area contributed by atoms with Crippen LogP contribution in [0.2, 0.25) is 0 Å². The Hall–Kier alpha value is -1.72. The average Bonchev–Trinajstić information content (AvgIpc) is 2.96. The van der Waals surface area contributed by atoms with Gasteiger partial charge in [-0.2, -0.15) is 0 Å². The number of hydrogen-bond donors (Lipinski definition) is 1. The topological polar surface area (TPSA) is 78.8 Å². The number of unbranched alkanes of at least 4 members (excludes halogenated alkanes) is 2. The van der Waals surface area contributed by atoms with E-state index in [1.165, 1.54) is 0 Å². The van der Waals surface area contributed by atoms with E-state index in [1.54, 1.807) is 13.8 Å². The molecule has 128 valence electrons. The van der Waals surface area contributed by atoms with Crippen LogP contribution < -0.4 is 5.32 Å². The minimum atomic E-state index is -1.16. The van der Waals surface area contributed by atoms with Gasteiger partial charge in [-0.3, -0.25) is 24.7 Å². The molecule has 2 aliphatic rings. The van der Waals surface area contributed by atoms with Crippen molar-refractivity contribution >= 4 is 23.4 Å². The summed E-state index contributed by atoms with van der Waals surface area (Å²) in [5, 5.41) is 2.36. The zero-order valence-electron chi connectivity index (χ0n) is 14.5. The quantitative estimate of drug-likeness (QED) is 0.722. The lowest BCUT2D eigenvalue weighted by Gasteiger charge is -2.33. The Balaban J connectivity index is 2.27. The van der Waals surface area contributed by atoms with Crippen LogP contribution >= 0.6 is 0 Å². The first kappa shape index (κ1) is 17.6. The highest BCUT2D eigenvalue weighted by Gasteiger charge is 2.61. The molecule has 0 aromatic heterocycles. The van der Waals surface area contributed by atoms with Crippen molar-refractivity contribution in [3.05, 3.63) is 0 Å². The molecule has 23 heavy (non-hydrogen) atoms. The van der Waals surface area contributed by atoms with E-state index in [2.05, 4.69) is 24.2 Å². The fourth-order valence-corrected chi connectivity index (χ4v) is 3.61. The Kier molecular flexibility index (Phi) is 5.22. The first-order chi connectivity index (χ1) is 10.9. The molecule has 2 rings (SSSR count). The second-order valence-corrected chi connectivity index (χ2v) is 6.71. The number of amides is 3. The minimum Gasteiger partial charge on any atom is -0.341 e. The van der Waals surface area contributed by atoms with E-state index in [1.807, 2.05) is 4.90 Å². The summed E-state index contributed by atoms with van der Waals surface area (Å²) in [4.78, 5) is 43.6. The fourth-order valence-electron chi connectivity index (χ4n) is 3.61. The molecule has 1 N–H and O–H groups in total. The summed E-state index contributed by atoms with van der Waals surface area (Å²) in [5.74, 6) is -2.12. The number of imide groups is 1. The summed E-state index contributed by atoms with van der Waals surface area (Å²) in [5.41, 5.74) is -0.577. The molecular weight excluding hydrogens is 294 g/mol. The molecule has 0 aromatic carbocycles. The Morgan fingerprint density at radius 1 is 1.17 bits per heavy atom. The molecule has 2 heterocycles. The molecule has 2 aliphatic heterocycles. The van der Waals surface area contributed by atoms with Crippen molar-refractivity contribution in [2.24, 2.45) is 16.8 Å². The molecule has 1 saturated heterocycles. The fraction of sp³-hybridized carbons (Fsp3) is 0.765. The van der Waals surface area contributed by atoms with E-state index in [9.17, 15) is 14.4 Å². The Morgan fingerprint density at radius 2 is 1.74 bits per heavy atom. The number of carbonyl (C=O) groups excluding carboxylic acids is 3. The molecule has 0 saturated carbocycles. The van der Waals surface area contributed by atoms with E-state index in [-0.39, 0.29) is 17.7 Å². The van der Waals surface area contributed by atoms with E-state index in [4.69, 9.17) is 0 Å². The number of fused-ring (bicyclic) bond motifs is 1. The number of aliphatic imine (C=N–C) groups is 1. The van der Waals surface area contributed by atoms with Gasteiger partial charge in [0.15, 0.2) is 0 Å². The molecule has 6 heteroatoms. The van der Waals surface area contributed by atoms with Gasteiger partial charge in [0.1, 0.15) is 5.54 Å². The van der Waals surface area contributed by atoms with Crippen LogP contribution in [0.25, 0.3) is 0 Å². The zero-order chi connectivity index (χ0) is 17.2. The van der Waals surface area contributed by atoms with Crippen molar-refractivity contribution in [2.75, 3.05) is 13.1 Å². The third-order valence-electron chi connectivity index (χ3n) is 4.89. The lowest BCUT2D eigenvalue weighted by Crippen LogP contribution is -2.52. The summed E-state index contributed by atoms with van der Waals surface area (Å²) in [6.07, 6.45) is 3.85. The highest BCUT2D eigenvalue weighted by molar-refractivity contribution is 6.20. The van der Waals surface area contributed by atoms with Crippen LogP contribution in [-0.4, -0.2) is 47.0 Å². The van der Waals surface area contributed by atoms with Crippen LogP contribution in [0.1, 0.15) is 53.4 Å². The highest BCUT2D eigenvalue weighted by Crippen LogP contribution is 2.41. The highest BCUT2D eigenvalue weighted by atomic mass is 16.2. The molecule has 3 amide bonds. The van der Waals surface area contributed by atoms with Crippen LogP contribution in [0.15, 0.2) is 4.99 Å². The van der Waals surface area contributed by atoms with Crippen molar-refractivity contribution < 1.29 is 14.4 Å². The molecule has 0 radical (unpaired) electrons. The number of nitrogens with one attached hydrogen (secondary N) is 1. The van der Waals surface area contributed by atoms with Crippen molar-refractivity contribution in [1.82, 2.24) is 10.2 Å². The molecule has 0 bridgehead atoms. The summed E-state index contributed by atoms with van der Waals surface area (Å²) in [6.45, 7) is 8.95. The number of hydrogen-bond acceptors (Lipinski definition) is 4. The first-order valence-electron chi connectivity index (χ1n) is 8.57. The van der Waals surface area contributed by atoms with Crippen molar-refractivity contribution in [1.29, 1.82) is 0 Å². The normalized spacial score (nSPS) is 29.3. The Morgan fingerprint density at radius 3 is 2.26 bits per heavy atom. The molecule has 3 unspecified atom stereocenters. The Labute approximate surface area is 137 Å². The monoisotopic (exact) mass is 321 g/mol. The third-order valence-corrected chi connectivity index (χ3v) is 4.89. The third kappa shape index (κ3) is 3.03. The van der Waals surface area contributed by atoms with E-state index >= 15 is 0 Å². The second-order valence-electron chi connectivity index (χ2n) is 6.71. The van der Waals surface area contributed by atoms with E-state index in [0.29, 0.717) is 18.8 Å². The predicted molar refractivity (Wildman–Crippen MR) is 88.0 cm³/mol. The summed E-state index contributed by atoms with van der Waals surface area (Å²) >= 11 is 0. The van der Waals surface area contributed by atoms with Crippen molar-refractivity contribution in [3.8, 4) is 0 Å². The molecule has 6 nitrogen and oxygen atoms in total. The van der Waals surface area contributed by atoms with Gasteiger partial charge in [0.2, 0.25) is 11.8 Å². The molecule has 0 aromatic rings. The van der Waals surface area contributed by atoms with Crippen molar-refractivity contribution in [2.45, 2.75) is 58.9 Å². The van der Waals surface area contributed by atoms with Gasteiger partial charge in [-0.15, -0.1) is 0 Å². The van der Waals surface area contributed by atoms with Crippen LogP contribution in [0.4, 0.5) is 0 Å². The zero-order valence-corrected chi connectivity index (χ0v) is 14.5. The minimum absolute atomic E-state index is 0.129. The van der Waals surface area contributed by atoms with Crippen LogP contribution in [0.3, 0.4) is 0 Å². The van der Waals surface area contributed by atoms with E-state index in [0.717, 1.165) is 25.7 Å². The smallest absolute Gasteiger partial charge is 0.251 e. The van der Waals surface area contributed by atoms with Crippen LogP contribution in [0.5, 0.6) is 0 Å². The van der Waals surface area contributed by atoms with Crippen LogP contribution in [0, 0.1) is 11.8 Å². The SMILES string of the molecule is CCCCN(CCCC)C(=O)C1(C)N=C(C)C2C(=O)NC(=O)C21. The molecule has 1 fully saturated rings. The van der Waals surface area contributed by atoms with E-state index < -0.39 is 17.4 Å². The largest absolute Gasteiger partial charge is 0.341 e. The van der Waals surface area contributed by atoms with Gasteiger partial charge in [0.25, 0.3) is 5.91 Å². The Bertz CT molecular complexity index is 535. The number of rotatable bonds is 7. The summed E-state index contributed by atoms with van der Waals surface area (Å²) in [6, 6.07) is 0. The molecule has 0 spiro atoms. The molecule has 3 atom stereocenters. The maximum Gasteiger partial charge on any atom is 0.251 e. The second kappa shape index (κ2) is 6.81. The first-order valence-corrected chi connectivity index (χ1v) is 8.57. The van der Waals surface area contributed by atoms with Crippen molar-refractivity contribution in [3.63, 3.8) is 0 Å². The van der Waals surface area contributed by atoms with Gasteiger partial charge in [0.05, 0.1) is 11.8 Å². The molecular formula is C17H27N3O3. The van der Waals surface area contributed by atoms with Gasteiger partial charge in [-0.05, 0) is 26.7 Å². The lowest BCUT2D eigenvalue weighted by molar-refractivity contribution is -0.141. The summed E-state index contributed by atoms with van der Waals surface area (Å²) in [7, 11) is 0. The van der Waals surface area contributed by atoms with Gasteiger partial charge in [-0.25, -0.2) is 0 Å². The maximum atomic E-state index is 13.1.